The Morgan fingerprint density at radius 3 is 2.39 bits per heavy atom. The van der Waals surface area contributed by atoms with E-state index in [0.717, 1.165) is 25.4 Å². The number of hydrogen-bond donors (Lipinski definition) is 0. The van der Waals surface area contributed by atoms with E-state index in [1.165, 1.54) is 5.56 Å². The molecule has 1 aliphatic rings. The van der Waals surface area contributed by atoms with Gasteiger partial charge in [0, 0.05) is 19.6 Å². The first-order valence-corrected chi connectivity index (χ1v) is 7.95. The van der Waals surface area contributed by atoms with Crippen molar-refractivity contribution >= 4 is 5.91 Å². The van der Waals surface area contributed by atoms with Gasteiger partial charge in [-0.15, -0.1) is 0 Å². The molecule has 1 atom stereocenters. The van der Waals surface area contributed by atoms with Crippen LogP contribution in [0.3, 0.4) is 0 Å². The van der Waals surface area contributed by atoms with Gasteiger partial charge in [0.2, 0.25) is 0 Å². The lowest BCUT2D eigenvalue weighted by molar-refractivity contribution is -0.138. The number of ether oxygens (including phenoxy) is 1. The predicted molar refractivity (Wildman–Crippen MR) is 90.3 cm³/mol. The summed E-state index contributed by atoms with van der Waals surface area (Å²) < 4.78 is 5.63. The lowest BCUT2D eigenvalue weighted by Gasteiger charge is -2.40. The Hall–Kier alpha value is -2.33. The molecule has 0 N–H and O–H groups in total. The van der Waals surface area contributed by atoms with Crippen LogP contribution in [0.2, 0.25) is 0 Å². The largest absolute Gasteiger partial charge is 0.484 e. The van der Waals surface area contributed by atoms with Crippen molar-refractivity contribution in [2.45, 2.75) is 6.04 Å². The minimum atomic E-state index is 0.0378. The number of benzene rings is 2. The molecule has 1 unspecified atom stereocenters. The molecular weight excluding hydrogens is 288 g/mol. The fourth-order valence-electron chi connectivity index (χ4n) is 2.92. The topological polar surface area (TPSA) is 32.8 Å². The standard InChI is InChI=1S/C19H22N2O2/c1-20-12-13-21(18(14-20)16-8-4-2-5-9-16)19(22)15-23-17-10-6-3-7-11-17/h2-11,18H,12-15H2,1H3. The third-order valence-corrected chi connectivity index (χ3v) is 4.19. The lowest BCUT2D eigenvalue weighted by Crippen LogP contribution is -2.50. The Kier molecular flexibility index (Phi) is 4.93. The van der Waals surface area contributed by atoms with Crippen molar-refractivity contribution in [3.63, 3.8) is 0 Å². The number of amides is 1. The Morgan fingerprint density at radius 2 is 1.70 bits per heavy atom. The summed E-state index contributed by atoms with van der Waals surface area (Å²) in [7, 11) is 2.10. The van der Waals surface area contributed by atoms with Crippen LogP contribution in [0.1, 0.15) is 11.6 Å². The second kappa shape index (κ2) is 7.29. The first-order chi connectivity index (χ1) is 11.2. The van der Waals surface area contributed by atoms with Gasteiger partial charge in [0.1, 0.15) is 5.75 Å². The lowest BCUT2D eigenvalue weighted by atomic mass is 10.0. The van der Waals surface area contributed by atoms with Crippen molar-refractivity contribution < 1.29 is 9.53 Å². The molecule has 23 heavy (non-hydrogen) atoms. The van der Waals surface area contributed by atoms with Crippen LogP contribution in [0.15, 0.2) is 60.7 Å². The maximum Gasteiger partial charge on any atom is 0.261 e. The number of likely N-dealkylation sites (N-methyl/N-ethyl adjacent to an activating group) is 1. The van der Waals surface area contributed by atoms with Gasteiger partial charge in [-0.1, -0.05) is 48.5 Å². The van der Waals surface area contributed by atoms with Crippen LogP contribution in [0.25, 0.3) is 0 Å². The smallest absolute Gasteiger partial charge is 0.261 e. The first kappa shape index (κ1) is 15.6. The summed E-state index contributed by atoms with van der Waals surface area (Å²) in [5.41, 5.74) is 1.17. The Morgan fingerprint density at radius 1 is 1.04 bits per heavy atom. The van der Waals surface area contributed by atoms with Crippen LogP contribution in [0, 0.1) is 0 Å². The summed E-state index contributed by atoms with van der Waals surface area (Å²) in [5, 5.41) is 0. The molecule has 1 heterocycles. The number of piperazine rings is 1. The summed E-state index contributed by atoms with van der Waals surface area (Å²) >= 11 is 0. The van der Waals surface area contributed by atoms with Gasteiger partial charge in [-0.3, -0.25) is 4.79 Å². The van der Waals surface area contributed by atoms with Gasteiger partial charge >= 0.3 is 0 Å². The molecule has 0 radical (unpaired) electrons. The molecule has 1 fully saturated rings. The second-order valence-electron chi connectivity index (χ2n) is 5.88. The number of hydrogen-bond acceptors (Lipinski definition) is 3. The summed E-state index contributed by atoms with van der Waals surface area (Å²) in [6, 6.07) is 19.8. The maximum atomic E-state index is 12.6. The monoisotopic (exact) mass is 310 g/mol. The highest BCUT2D eigenvalue weighted by Gasteiger charge is 2.30. The summed E-state index contributed by atoms with van der Waals surface area (Å²) in [6.45, 7) is 2.55. The van der Waals surface area contributed by atoms with Gasteiger partial charge in [-0.25, -0.2) is 0 Å². The predicted octanol–water partition coefficient (Wildman–Crippen LogP) is 2.58. The number of carbonyl (C=O) groups excluding carboxylic acids is 1. The molecule has 3 rings (SSSR count). The van der Waals surface area contributed by atoms with E-state index in [1.807, 2.05) is 53.4 Å². The second-order valence-corrected chi connectivity index (χ2v) is 5.88. The quantitative estimate of drug-likeness (QED) is 0.870. The average molecular weight is 310 g/mol. The van der Waals surface area contributed by atoms with Crippen LogP contribution in [-0.2, 0) is 4.79 Å². The zero-order valence-electron chi connectivity index (χ0n) is 13.4. The van der Waals surface area contributed by atoms with Crippen LogP contribution in [0.4, 0.5) is 0 Å². The van der Waals surface area contributed by atoms with Crippen LogP contribution in [0.5, 0.6) is 5.75 Å². The van der Waals surface area contributed by atoms with Gasteiger partial charge in [0.15, 0.2) is 6.61 Å². The number of rotatable bonds is 4. The molecule has 2 aromatic rings. The van der Waals surface area contributed by atoms with Crippen molar-refractivity contribution in [2.75, 3.05) is 33.3 Å². The van der Waals surface area contributed by atoms with Crippen LogP contribution < -0.4 is 4.74 Å². The summed E-state index contributed by atoms with van der Waals surface area (Å²) in [6.07, 6.45) is 0. The molecule has 1 aliphatic heterocycles. The maximum absolute atomic E-state index is 12.6. The first-order valence-electron chi connectivity index (χ1n) is 7.95. The molecule has 0 saturated carbocycles. The summed E-state index contributed by atoms with van der Waals surface area (Å²) in [5.74, 6) is 0.766. The van der Waals surface area contributed by atoms with E-state index in [1.54, 1.807) is 0 Å². The molecule has 2 aromatic carbocycles. The molecule has 0 aromatic heterocycles. The highest BCUT2D eigenvalue weighted by Crippen LogP contribution is 2.25. The van der Waals surface area contributed by atoms with Crippen molar-refractivity contribution in [3.05, 3.63) is 66.2 Å². The zero-order valence-corrected chi connectivity index (χ0v) is 13.4. The third kappa shape index (κ3) is 3.90. The van der Waals surface area contributed by atoms with Gasteiger partial charge < -0.3 is 14.5 Å². The molecule has 0 bridgehead atoms. The van der Waals surface area contributed by atoms with Crippen LogP contribution in [-0.4, -0.2) is 49.0 Å². The van der Waals surface area contributed by atoms with Gasteiger partial charge in [-0.05, 0) is 24.7 Å². The molecule has 0 spiro atoms. The Bertz CT molecular complexity index is 630. The molecular formula is C19H22N2O2. The van der Waals surface area contributed by atoms with Gasteiger partial charge in [0.25, 0.3) is 5.91 Å². The van der Waals surface area contributed by atoms with E-state index >= 15 is 0 Å². The SMILES string of the molecule is CN1CCN(C(=O)COc2ccccc2)C(c2ccccc2)C1. The van der Waals surface area contributed by atoms with Crippen molar-refractivity contribution in [2.24, 2.45) is 0 Å². The number of carbonyl (C=O) groups is 1. The number of para-hydroxylation sites is 1. The van der Waals surface area contributed by atoms with E-state index in [-0.39, 0.29) is 18.6 Å². The fraction of sp³-hybridized carbons (Fsp3) is 0.316. The fourth-order valence-corrected chi connectivity index (χ4v) is 2.92. The average Bonchev–Trinajstić information content (AvgIpc) is 2.61. The van der Waals surface area contributed by atoms with E-state index in [9.17, 15) is 4.79 Å². The Balaban J connectivity index is 1.69. The molecule has 120 valence electrons. The number of nitrogens with zero attached hydrogens (tertiary/aromatic N) is 2. The van der Waals surface area contributed by atoms with E-state index in [0.29, 0.717) is 0 Å². The van der Waals surface area contributed by atoms with Crippen LogP contribution >= 0.6 is 0 Å². The Labute approximate surface area is 137 Å². The van der Waals surface area contributed by atoms with E-state index in [4.69, 9.17) is 4.74 Å². The molecule has 1 saturated heterocycles. The highest BCUT2D eigenvalue weighted by atomic mass is 16.5. The minimum absolute atomic E-state index is 0.0378. The molecule has 4 nitrogen and oxygen atoms in total. The highest BCUT2D eigenvalue weighted by molar-refractivity contribution is 5.78. The molecule has 4 heteroatoms. The van der Waals surface area contributed by atoms with E-state index in [2.05, 4.69) is 24.1 Å². The van der Waals surface area contributed by atoms with Crippen molar-refractivity contribution in [3.8, 4) is 5.75 Å². The zero-order chi connectivity index (χ0) is 16.1. The minimum Gasteiger partial charge on any atom is -0.484 e. The molecule has 0 aliphatic carbocycles. The van der Waals surface area contributed by atoms with Crippen molar-refractivity contribution in [1.82, 2.24) is 9.80 Å². The van der Waals surface area contributed by atoms with Gasteiger partial charge in [-0.2, -0.15) is 0 Å². The molecule has 1 amide bonds. The third-order valence-electron chi connectivity index (χ3n) is 4.19. The van der Waals surface area contributed by atoms with E-state index < -0.39 is 0 Å². The van der Waals surface area contributed by atoms with Gasteiger partial charge in [0.05, 0.1) is 6.04 Å². The normalized spacial score (nSPS) is 18.7. The summed E-state index contributed by atoms with van der Waals surface area (Å²) in [4.78, 5) is 16.9. The van der Waals surface area contributed by atoms with Crippen molar-refractivity contribution in [1.29, 1.82) is 0 Å².